The molecule has 0 aliphatic heterocycles. The van der Waals surface area contributed by atoms with Crippen molar-refractivity contribution in [2.45, 2.75) is 19.9 Å². The number of thiophene rings is 1. The molecule has 0 spiro atoms. The van der Waals surface area contributed by atoms with Crippen LogP contribution in [-0.4, -0.2) is 35.4 Å². The first kappa shape index (κ1) is 20.0. The highest BCUT2D eigenvalue weighted by Crippen LogP contribution is 2.22. The average molecular weight is 396 g/mol. The van der Waals surface area contributed by atoms with Crippen LogP contribution < -0.4 is 10.9 Å². The lowest BCUT2D eigenvalue weighted by Gasteiger charge is -2.29. The molecule has 6 heteroatoms. The Morgan fingerprint density at radius 2 is 1.86 bits per heavy atom. The van der Waals surface area contributed by atoms with Crippen molar-refractivity contribution in [3.8, 4) is 11.3 Å². The standard InChI is InChI=1S/C22H25N3O2S/c1-3-25(4-2)20(17-12-13-28-15-17)14-23-21(26)18-10-11-19(24-22(18)27)16-8-6-5-7-9-16/h5-13,15,20H,3-4,14H2,1-2H3,(H,23,26)(H,24,27). The Balaban J connectivity index is 1.74. The summed E-state index contributed by atoms with van der Waals surface area (Å²) in [5.74, 6) is -0.353. The first-order valence-corrected chi connectivity index (χ1v) is 10.4. The van der Waals surface area contributed by atoms with Crippen LogP contribution in [-0.2, 0) is 0 Å². The number of nitrogens with one attached hydrogen (secondary N) is 2. The number of hydrogen-bond donors (Lipinski definition) is 2. The fraction of sp³-hybridized carbons (Fsp3) is 0.273. The number of aromatic nitrogens is 1. The topological polar surface area (TPSA) is 65.2 Å². The number of hydrogen-bond acceptors (Lipinski definition) is 4. The minimum absolute atomic E-state index is 0.0906. The van der Waals surface area contributed by atoms with Crippen LogP contribution >= 0.6 is 11.3 Å². The maximum atomic E-state index is 12.6. The number of benzene rings is 1. The van der Waals surface area contributed by atoms with Crippen molar-refractivity contribution in [2.75, 3.05) is 19.6 Å². The molecule has 3 rings (SSSR count). The molecule has 2 heterocycles. The summed E-state index contributed by atoms with van der Waals surface area (Å²) in [5, 5.41) is 7.09. The van der Waals surface area contributed by atoms with Crippen LogP contribution in [0.5, 0.6) is 0 Å². The van der Waals surface area contributed by atoms with Gasteiger partial charge in [-0.2, -0.15) is 11.3 Å². The Labute approximate surface area is 169 Å². The van der Waals surface area contributed by atoms with Crippen molar-refractivity contribution in [3.05, 3.63) is 80.8 Å². The first-order valence-electron chi connectivity index (χ1n) is 9.47. The Hall–Kier alpha value is -2.70. The molecular formula is C22H25N3O2S. The van der Waals surface area contributed by atoms with Crippen LogP contribution in [0.25, 0.3) is 11.3 Å². The molecular weight excluding hydrogens is 370 g/mol. The lowest BCUT2D eigenvalue weighted by Crippen LogP contribution is -2.39. The fourth-order valence-electron chi connectivity index (χ4n) is 3.31. The van der Waals surface area contributed by atoms with Gasteiger partial charge < -0.3 is 10.3 Å². The third-order valence-corrected chi connectivity index (χ3v) is 5.58. The zero-order valence-corrected chi connectivity index (χ0v) is 17.0. The summed E-state index contributed by atoms with van der Waals surface area (Å²) in [7, 11) is 0. The van der Waals surface area contributed by atoms with Crippen LogP contribution in [0.2, 0.25) is 0 Å². The summed E-state index contributed by atoms with van der Waals surface area (Å²) >= 11 is 1.64. The molecule has 1 aromatic carbocycles. The molecule has 28 heavy (non-hydrogen) atoms. The van der Waals surface area contributed by atoms with Crippen molar-refractivity contribution in [2.24, 2.45) is 0 Å². The van der Waals surface area contributed by atoms with Gasteiger partial charge in [-0.05, 0) is 53.2 Å². The second-order valence-corrected chi connectivity index (χ2v) is 7.26. The minimum Gasteiger partial charge on any atom is -0.350 e. The van der Waals surface area contributed by atoms with E-state index in [1.807, 2.05) is 35.7 Å². The highest BCUT2D eigenvalue weighted by Gasteiger charge is 2.20. The smallest absolute Gasteiger partial charge is 0.261 e. The number of carbonyl (C=O) groups excluding carboxylic acids is 1. The van der Waals surface area contributed by atoms with Gasteiger partial charge in [0.1, 0.15) is 5.56 Å². The first-order chi connectivity index (χ1) is 13.6. The predicted molar refractivity (Wildman–Crippen MR) is 115 cm³/mol. The average Bonchev–Trinajstić information content (AvgIpc) is 3.26. The molecule has 146 valence electrons. The van der Waals surface area contributed by atoms with Gasteiger partial charge in [0.25, 0.3) is 11.5 Å². The van der Waals surface area contributed by atoms with E-state index in [9.17, 15) is 9.59 Å². The summed E-state index contributed by atoms with van der Waals surface area (Å²) in [6, 6.07) is 15.1. The highest BCUT2D eigenvalue weighted by molar-refractivity contribution is 7.07. The van der Waals surface area contributed by atoms with Gasteiger partial charge in [0.05, 0.1) is 6.04 Å². The van der Waals surface area contributed by atoms with Gasteiger partial charge in [0, 0.05) is 12.2 Å². The van der Waals surface area contributed by atoms with E-state index in [2.05, 4.69) is 40.5 Å². The van der Waals surface area contributed by atoms with Crippen molar-refractivity contribution in [3.63, 3.8) is 0 Å². The molecule has 0 saturated heterocycles. The number of nitrogens with zero attached hydrogens (tertiary/aromatic N) is 1. The molecule has 3 aromatic rings. The number of carbonyl (C=O) groups is 1. The fourth-order valence-corrected chi connectivity index (χ4v) is 4.02. The monoisotopic (exact) mass is 395 g/mol. The number of rotatable bonds is 8. The summed E-state index contributed by atoms with van der Waals surface area (Å²) in [4.78, 5) is 30.2. The third kappa shape index (κ3) is 4.58. The molecule has 0 saturated carbocycles. The summed E-state index contributed by atoms with van der Waals surface area (Å²) in [5.41, 5.74) is 2.53. The number of aromatic amines is 1. The lowest BCUT2D eigenvalue weighted by atomic mass is 10.1. The van der Waals surface area contributed by atoms with E-state index in [0.717, 1.165) is 18.7 Å². The van der Waals surface area contributed by atoms with Crippen LogP contribution in [0.4, 0.5) is 0 Å². The van der Waals surface area contributed by atoms with Crippen molar-refractivity contribution < 1.29 is 4.79 Å². The van der Waals surface area contributed by atoms with E-state index in [1.54, 1.807) is 23.5 Å². The Morgan fingerprint density at radius 3 is 2.46 bits per heavy atom. The molecule has 1 amide bonds. The lowest BCUT2D eigenvalue weighted by molar-refractivity contribution is 0.0933. The Bertz CT molecular complexity index is 947. The zero-order valence-electron chi connectivity index (χ0n) is 16.1. The molecule has 5 nitrogen and oxygen atoms in total. The van der Waals surface area contributed by atoms with Crippen LogP contribution in [0.1, 0.15) is 35.8 Å². The number of likely N-dealkylation sites (N-methyl/N-ethyl adjacent to an activating group) is 1. The SMILES string of the molecule is CCN(CC)C(CNC(=O)c1ccc(-c2ccccc2)[nH]c1=O)c1ccsc1. The van der Waals surface area contributed by atoms with E-state index in [-0.39, 0.29) is 23.1 Å². The number of pyridine rings is 1. The molecule has 2 N–H and O–H groups in total. The van der Waals surface area contributed by atoms with Crippen molar-refractivity contribution in [1.82, 2.24) is 15.2 Å². The van der Waals surface area contributed by atoms with Crippen LogP contribution in [0.15, 0.2) is 64.1 Å². The second kappa shape index (κ2) is 9.48. The molecule has 1 unspecified atom stereocenters. The van der Waals surface area contributed by atoms with E-state index >= 15 is 0 Å². The van der Waals surface area contributed by atoms with E-state index in [4.69, 9.17) is 0 Å². The van der Waals surface area contributed by atoms with Gasteiger partial charge in [-0.25, -0.2) is 0 Å². The second-order valence-electron chi connectivity index (χ2n) is 6.48. The number of amides is 1. The Morgan fingerprint density at radius 1 is 1.11 bits per heavy atom. The third-order valence-electron chi connectivity index (χ3n) is 4.88. The van der Waals surface area contributed by atoms with Crippen molar-refractivity contribution in [1.29, 1.82) is 0 Å². The zero-order chi connectivity index (χ0) is 19.9. The van der Waals surface area contributed by atoms with Gasteiger partial charge >= 0.3 is 0 Å². The summed E-state index contributed by atoms with van der Waals surface area (Å²) in [6.07, 6.45) is 0. The summed E-state index contributed by atoms with van der Waals surface area (Å²) < 4.78 is 0. The van der Waals surface area contributed by atoms with E-state index in [1.165, 1.54) is 5.56 Å². The quantitative estimate of drug-likeness (QED) is 0.608. The van der Waals surface area contributed by atoms with Crippen LogP contribution in [0.3, 0.4) is 0 Å². The molecule has 0 aliphatic rings. The minimum atomic E-state index is -0.381. The summed E-state index contributed by atoms with van der Waals surface area (Å²) in [6.45, 7) is 6.45. The number of H-pyrrole nitrogens is 1. The Kier molecular flexibility index (Phi) is 6.79. The molecule has 1 atom stereocenters. The maximum Gasteiger partial charge on any atom is 0.261 e. The normalized spacial score (nSPS) is 12.1. The van der Waals surface area contributed by atoms with Gasteiger partial charge in [0.15, 0.2) is 0 Å². The van der Waals surface area contributed by atoms with Gasteiger partial charge in [-0.3, -0.25) is 14.5 Å². The molecule has 2 aromatic heterocycles. The van der Waals surface area contributed by atoms with Gasteiger partial charge in [0.2, 0.25) is 0 Å². The highest BCUT2D eigenvalue weighted by atomic mass is 32.1. The molecule has 0 fully saturated rings. The van der Waals surface area contributed by atoms with Crippen molar-refractivity contribution >= 4 is 17.2 Å². The van der Waals surface area contributed by atoms with E-state index < -0.39 is 0 Å². The molecule has 0 aliphatic carbocycles. The predicted octanol–water partition coefficient (Wildman–Crippen LogP) is 3.92. The molecule has 0 bridgehead atoms. The molecule has 0 radical (unpaired) electrons. The van der Waals surface area contributed by atoms with Crippen LogP contribution in [0, 0.1) is 0 Å². The van der Waals surface area contributed by atoms with Gasteiger partial charge in [-0.1, -0.05) is 44.2 Å². The van der Waals surface area contributed by atoms with Gasteiger partial charge in [-0.15, -0.1) is 0 Å². The van der Waals surface area contributed by atoms with E-state index in [0.29, 0.717) is 12.2 Å². The maximum absolute atomic E-state index is 12.6. The largest absolute Gasteiger partial charge is 0.350 e.